The minimum atomic E-state index is -0.164. The van der Waals surface area contributed by atoms with Gasteiger partial charge >= 0.3 is 0 Å². The molecule has 7 heteroatoms. The number of carbonyl (C=O) groups excluding carboxylic acids is 1. The topological polar surface area (TPSA) is 76.0 Å². The van der Waals surface area contributed by atoms with Crippen molar-refractivity contribution < 1.29 is 9.53 Å². The Morgan fingerprint density at radius 3 is 3.09 bits per heavy atom. The summed E-state index contributed by atoms with van der Waals surface area (Å²) in [5, 5.41) is 4.12. The van der Waals surface area contributed by atoms with Crippen LogP contribution in [0.1, 0.15) is 29.7 Å². The number of H-pyrrole nitrogens is 1. The first-order valence-corrected chi connectivity index (χ1v) is 7.51. The van der Waals surface area contributed by atoms with Crippen LogP contribution in [0.5, 0.6) is 0 Å². The van der Waals surface area contributed by atoms with E-state index in [1.807, 2.05) is 24.9 Å². The van der Waals surface area contributed by atoms with Crippen molar-refractivity contribution >= 4 is 5.91 Å². The van der Waals surface area contributed by atoms with Gasteiger partial charge in [0.1, 0.15) is 11.9 Å². The molecule has 1 atom stereocenters. The number of aromatic nitrogens is 4. The fourth-order valence-electron chi connectivity index (χ4n) is 2.68. The Morgan fingerprint density at radius 1 is 1.55 bits per heavy atom. The predicted molar refractivity (Wildman–Crippen MR) is 80.1 cm³/mol. The fraction of sp³-hybridized carbons (Fsp3) is 0.533. The van der Waals surface area contributed by atoms with Crippen molar-refractivity contribution in [2.45, 2.75) is 25.9 Å². The quantitative estimate of drug-likeness (QED) is 0.913. The molecule has 1 amide bonds. The monoisotopic (exact) mass is 303 g/mol. The van der Waals surface area contributed by atoms with E-state index >= 15 is 0 Å². The number of nitrogens with one attached hydrogen (secondary N) is 1. The van der Waals surface area contributed by atoms with Crippen LogP contribution in [-0.2, 0) is 23.0 Å². The maximum Gasteiger partial charge on any atom is 0.223 e. The summed E-state index contributed by atoms with van der Waals surface area (Å²) in [6.45, 7) is 3.69. The van der Waals surface area contributed by atoms with Crippen LogP contribution in [0.25, 0.3) is 0 Å². The van der Waals surface area contributed by atoms with Gasteiger partial charge in [0.05, 0.1) is 13.2 Å². The molecule has 0 spiro atoms. The van der Waals surface area contributed by atoms with Gasteiger partial charge in [0.15, 0.2) is 0 Å². The van der Waals surface area contributed by atoms with Gasteiger partial charge in [0, 0.05) is 43.8 Å². The Hall–Kier alpha value is -2.15. The van der Waals surface area contributed by atoms with Crippen molar-refractivity contribution in [1.29, 1.82) is 0 Å². The molecule has 22 heavy (non-hydrogen) atoms. The third-order valence-corrected chi connectivity index (χ3v) is 3.96. The Kier molecular flexibility index (Phi) is 4.24. The van der Waals surface area contributed by atoms with E-state index < -0.39 is 0 Å². The van der Waals surface area contributed by atoms with E-state index in [1.54, 1.807) is 17.1 Å². The molecule has 3 heterocycles. The second kappa shape index (κ2) is 6.31. The highest BCUT2D eigenvalue weighted by molar-refractivity contribution is 5.76. The number of hydrogen-bond acceptors (Lipinski definition) is 4. The molecule has 0 unspecified atom stereocenters. The second-order valence-electron chi connectivity index (χ2n) is 5.60. The van der Waals surface area contributed by atoms with E-state index in [1.165, 1.54) is 0 Å². The van der Waals surface area contributed by atoms with Crippen molar-refractivity contribution in [3.05, 3.63) is 35.7 Å². The molecule has 3 rings (SSSR count). The van der Waals surface area contributed by atoms with Crippen LogP contribution in [0.15, 0.2) is 18.5 Å². The summed E-state index contributed by atoms with van der Waals surface area (Å²) in [7, 11) is 1.89. The summed E-state index contributed by atoms with van der Waals surface area (Å²) in [4.78, 5) is 21.7. The van der Waals surface area contributed by atoms with Gasteiger partial charge in [0.25, 0.3) is 0 Å². The Balaban J connectivity index is 1.57. The van der Waals surface area contributed by atoms with Crippen molar-refractivity contribution in [3.63, 3.8) is 0 Å². The average molecular weight is 303 g/mol. The van der Waals surface area contributed by atoms with Gasteiger partial charge in [-0.15, -0.1) is 0 Å². The molecule has 7 nitrogen and oxygen atoms in total. The van der Waals surface area contributed by atoms with Gasteiger partial charge < -0.3 is 14.6 Å². The molecule has 1 aliphatic rings. The lowest BCUT2D eigenvalue weighted by Gasteiger charge is -2.32. The van der Waals surface area contributed by atoms with E-state index in [0.717, 1.165) is 17.2 Å². The standard InChI is InChI=1S/C15H21N5O2/c1-11-9-16-15(18-11)13-10-20(7-8-22-13)14(21)4-3-12-5-6-17-19(12)2/h5-6,9,13H,3-4,7-8,10H2,1-2H3,(H,16,18)/t13-/m0/s1. The lowest BCUT2D eigenvalue weighted by molar-refractivity contribution is -0.139. The Labute approximate surface area is 129 Å². The molecule has 1 saturated heterocycles. The third-order valence-electron chi connectivity index (χ3n) is 3.96. The number of amides is 1. The van der Waals surface area contributed by atoms with E-state index in [9.17, 15) is 4.79 Å². The Bertz CT molecular complexity index is 648. The summed E-state index contributed by atoms with van der Waals surface area (Å²) in [5.41, 5.74) is 2.07. The molecule has 1 fully saturated rings. The van der Waals surface area contributed by atoms with Gasteiger partial charge in [-0.1, -0.05) is 0 Å². The summed E-state index contributed by atoms with van der Waals surface area (Å²) in [6, 6.07) is 1.95. The smallest absolute Gasteiger partial charge is 0.223 e. The van der Waals surface area contributed by atoms with E-state index in [2.05, 4.69) is 15.1 Å². The van der Waals surface area contributed by atoms with Crippen LogP contribution in [0.3, 0.4) is 0 Å². The molecule has 0 saturated carbocycles. The van der Waals surface area contributed by atoms with Crippen molar-refractivity contribution in [1.82, 2.24) is 24.6 Å². The number of imidazole rings is 1. The molecule has 1 N–H and O–H groups in total. The third kappa shape index (κ3) is 3.19. The van der Waals surface area contributed by atoms with Crippen LogP contribution < -0.4 is 0 Å². The zero-order valence-electron chi connectivity index (χ0n) is 13.0. The highest BCUT2D eigenvalue weighted by atomic mass is 16.5. The first kappa shape index (κ1) is 14.8. The van der Waals surface area contributed by atoms with Gasteiger partial charge in [-0.3, -0.25) is 9.48 Å². The molecule has 0 bridgehead atoms. The van der Waals surface area contributed by atoms with Crippen molar-refractivity contribution in [2.24, 2.45) is 7.05 Å². The molecule has 2 aromatic heterocycles. The number of carbonyl (C=O) groups is 1. The highest BCUT2D eigenvalue weighted by Crippen LogP contribution is 2.20. The lowest BCUT2D eigenvalue weighted by Crippen LogP contribution is -2.42. The normalized spacial score (nSPS) is 18.6. The van der Waals surface area contributed by atoms with Gasteiger partial charge in [-0.2, -0.15) is 5.10 Å². The summed E-state index contributed by atoms with van der Waals surface area (Å²) < 4.78 is 7.53. The molecular formula is C15H21N5O2. The average Bonchev–Trinajstić information content (AvgIpc) is 3.13. The zero-order chi connectivity index (χ0) is 15.5. The lowest BCUT2D eigenvalue weighted by atomic mass is 10.2. The van der Waals surface area contributed by atoms with Crippen LogP contribution in [0, 0.1) is 6.92 Å². The number of rotatable bonds is 4. The van der Waals surface area contributed by atoms with Crippen molar-refractivity contribution in [2.75, 3.05) is 19.7 Å². The maximum absolute atomic E-state index is 12.4. The molecule has 0 radical (unpaired) electrons. The van der Waals surface area contributed by atoms with E-state index in [4.69, 9.17) is 4.74 Å². The summed E-state index contributed by atoms with van der Waals surface area (Å²) in [6.07, 6.45) is 4.56. The van der Waals surface area contributed by atoms with Gasteiger partial charge in [0.2, 0.25) is 5.91 Å². The van der Waals surface area contributed by atoms with Crippen LogP contribution >= 0.6 is 0 Å². The van der Waals surface area contributed by atoms with E-state index in [-0.39, 0.29) is 12.0 Å². The number of aryl methyl sites for hydroxylation is 3. The largest absolute Gasteiger partial charge is 0.367 e. The van der Waals surface area contributed by atoms with Crippen LogP contribution in [-0.4, -0.2) is 50.3 Å². The second-order valence-corrected chi connectivity index (χ2v) is 5.60. The van der Waals surface area contributed by atoms with Crippen molar-refractivity contribution in [3.8, 4) is 0 Å². The molecule has 118 valence electrons. The first-order chi connectivity index (χ1) is 10.6. The fourth-order valence-corrected chi connectivity index (χ4v) is 2.68. The number of hydrogen-bond donors (Lipinski definition) is 1. The molecule has 0 aromatic carbocycles. The van der Waals surface area contributed by atoms with E-state index in [0.29, 0.717) is 32.5 Å². The van der Waals surface area contributed by atoms with Crippen LogP contribution in [0.4, 0.5) is 0 Å². The number of aromatic amines is 1. The first-order valence-electron chi connectivity index (χ1n) is 7.51. The zero-order valence-corrected chi connectivity index (χ0v) is 13.0. The maximum atomic E-state index is 12.4. The minimum Gasteiger partial charge on any atom is -0.367 e. The number of ether oxygens (including phenoxy) is 1. The minimum absolute atomic E-state index is 0.151. The predicted octanol–water partition coefficient (Wildman–Crippen LogP) is 0.984. The number of nitrogens with zero attached hydrogens (tertiary/aromatic N) is 4. The molecule has 0 aliphatic carbocycles. The number of morpholine rings is 1. The summed E-state index contributed by atoms with van der Waals surface area (Å²) >= 11 is 0. The molecular weight excluding hydrogens is 282 g/mol. The van der Waals surface area contributed by atoms with Crippen LogP contribution in [0.2, 0.25) is 0 Å². The molecule has 1 aliphatic heterocycles. The summed E-state index contributed by atoms with van der Waals surface area (Å²) in [5.74, 6) is 0.944. The highest BCUT2D eigenvalue weighted by Gasteiger charge is 2.26. The van der Waals surface area contributed by atoms with Gasteiger partial charge in [-0.25, -0.2) is 4.98 Å². The Morgan fingerprint density at radius 2 is 2.41 bits per heavy atom. The SMILES string of the molecule is Cc1cnc([C@@H]2CN(C(=O)CCc3ccnn3C)CCO2)[nH]1. The molecule has 2 aromatic rings. The van der Waals surface area contributed by atoms with Gasteiger partial charge in [-0.05, 0) is 19.4 Å².